The second-order valence-electron chi connectivity index (χ2n) is 3.89. The number of rotatable bonds is 6. The van der Waals surface area contributed by atoms with Gasteiger partial charge in [0.25, 0.3) is 0 Å². The van der Waals surface area contributed by atoms with E-state index in [1.54, 1.807) is 0 Å². The lowest BCUT2D eigenvalue weighted by atomic mass is 9.77. The first-order chi connectivity index (χ1) is 5.63. The van der Waals surface area contributed by atoms with Crippen molar-refractivity contribution in [3.8, 4) is 0 Å². The van der Waals surface area contributed by atoms with Crippen LogP contribution in [0.3, 0.4) is 0 Å². The maximum absolute atomic E-state index is 5.97. The molecular formula is C10H20Cl2. The average molecular weight is 211 g/mol. The quantitative estimate of drug-likeness (QED) is 0.574. The number of alkyl halides is 2. The van der Waals surface area contributed by atoms with Crippen molar-refractivity contribution < 1.29 is 0 Å². The van der Waals surface area contributed by atoms with Crippen LogP contribution in [0.2, 0.25) is 0 Å². The van der Waals surface area contributed by atoms with Crippen LogP contribution in [-0.4, -0.2) is 11.8 Å². The third-order valence-electron chi connectivity index (χ3n) is 2.79. The first kappa shape index (κ1) is 12.6. The Balaban J connectivity index is 4.15. The molecule has 0 saturated heterocycles. The monoisotopic (exact) mass is 210 g/mol. The summed E-state index contributed by atoms with van der Waals surface area (Å²) >= 11 is 11.9. The Bertz CT molecular complexity index is 106. The predicted octanol–water partition coefficient (Wildman–Crippen LogP) is 4.30. The lowest BCUT2D eigenvalue weighted by Crippen LogP contribution is -2.31. The molecule has 0 N–H and O–H groups in total. The van der Waals surface area contributed by atoms with Gasteiger partial charge in [-0.3, -0.25) is 0 Å². The van der Waals surface area contributed by atoms with Crippen LogP contribution in [-0.2, 0) is 0 Å². The van der Waals surface area contributed by atoms with Crippen LogP contribution in [0, 0.1) is 11.3 Å². The predicted molar refractivity (Wildman–Crippen MR) is 58.2 cm³/mol. The molecule has 0 aromatic carbocycles. The molecule has 12 heavy (non-hydrogen) atoms. The third-order valence-corrected chi connectivity index (χ3v) is 3.85. The summed E-state index contributed by atoms with van der Waals surface area (Å²) in [6.07, 6.45) is 3.62. The summed E-state index contributed by atoms with van der Waals surface area (Å²) in [4.78, 5) is 0. The highest BCUT2D eigenvalue weighted by Gasteiger charge is 2.31. The Morgan fingerprint density at radius 3 is 1.92 bits per heavy atom. The van der Waals surface area contributed by atoms with E-state index >= 15 is 0 Å². The second kappa shape index (κ2) is 6.10. The minimum Gasteiger partial charge on any atom is -0.126 e. The highest BCUT2D eigenvalue weighted by molar-refractivity contribution is 6.21. The summed E-state index contributed by atoms with van der Waals surface area (Å²) in [7, 11) is 0. The lowest BCUT2D eigenvalue weighted by molar-refractivity contribution is 0.233. The van der Waals surface area contributed by atoms with E-state index < -0.39 is 0 Å². The van der Waals surface area contributed by atoms with Crippen molar-refractivity contribution in [2.24, 2.45) is 11.3 Å². The van der Waals surface area contributed by atoms with E-state index in [2.05, 4.69) is 20.8 Å². The van der Waals surface area contributed by atoms with E-state index in [1.165, 1.54) is 12.8 Å². The molecule has 0 aromatic rings. The molecule has 0 saturated carbocycles. The molecule has 0 aliphatic heterocycles. The molecule has 0 fully saturated rings. The second-order valence-corrected chi connectivity index (χ2v) is 4.42. The zero-order valence-electron chi connectivity index (χ0n) is 8.37. The van der Waals surface area contributed by atoms with Gasteiger partial charge < -0.3 is 0 Å². The Morgan fingerprint density at radius 2 is 1.67 bits per heavy atom. The minimum atomic E-state index is 0.166. The molecule has 0 aliphatic carbocycles. The normalized spacial score (nSPS) is 12.5. The molecule has 0 aliphatic rings. The summed E-state index contributed by atoms with van der Waals surface area (Å²) in [5.74, 6) is 1.96. The van der Waals surface area contributed by atoms with E-state index in [-0.39, 0.29) is 5.41 Å². The van der Waals surface area contributed by atoms with Gasteiger partial charge in [0.1, 0.15) is 0 Å². The SMILES string of the molecule is CCCCC(CCl)(CCl)C(C)C. The van der Waals surface area contributed by atoms with Crippen molar-refractivity contribution in [2.45, 2.75) is 40.0 Å². The largest absolute Gasteiger partial charge is 0.126 e. The fraction of sp³-hybridized carbons (Fsp3) is 1.00. The summed E-state index contributed by atoms with van der Waals surface area (Å²) in [5, 5.41) is 0. The van der Waals surface area contributed by atoms with Crippen molar-refractivity contribution in [2.75, 3.05) is 11.8 Å². The molecule has 0 nitrogen and oxygen atoms in total. The van der Waals surface area contributed by atoms with E-state index in [4.69, 9.17) is 23.2 Å². The Hall–Kier alpha value is 0.580. The molecule has 2 heteroatoms. The molecule has 0 amide bonds. The molecule has 0 unspecified atom stereocenters. The zero-order valence-corrected chi connectivity index (χ0v) is 9.88. The van der Waals surface area contributed by atoms with Crippen molar-refractivity contribution in [1.29, 1.82) is 0 Å². The van der Waals surface area contributed by atoms with Gasteiger partial charge in [0.15, 0.2) is 0 Å². The van der Waals surface area contributed by atoms with Gasteiger partial charge in [-0.05, 0) is 17.8 Å². The highest BCUT2D eigenvalue weighted by Crippen LogP contribution is 2.35. The van der Waals surface area contributed by atoms with Crippen LogP contribution < -0.4 is 0 Å². The number of hydrogen-bond donors (Lipinski definition) is 0. The van der Waals surface area contributed by atoms with Gasteiger partial charge in [-0.15, -0.1) is 23.2 Å². The smallest absolute Gasteiger partial charge is 0.0293 e. The van der Waals surface area contributed by atoms with Crippen LogP contribution >= 0.6 is 23.2 Å². The van der Waals surface area contributed by atoms with Gasteiger partial charge in [0.2, 0.25) is 0 Å². The molecule has 0 aromatic heterocycles. The fourth-order valence-electron chi connectivity index (χ4n) is 1.30. The lowest BCUT2D eigenvalue weighted by Gasteiger charge is -2.33. The van der Waals surface area contributed by atoms with Crippen LogP contribution in [0.1, 0.15) is 40.0 Å². The van der Waals surface area contributed by atoms with E-state index in [1.807, 2.05) is 0 Å². The van der Waals surface area contributed by atoms with Crippen molar-refractivity contribution in [3.05, 3.63) is 0 Å². The fourth-order valence-corrected chi connectivity index (χ4v) is 2.47. The number of hydrogen-bond acceptors (Lipinski definition) is 0. The summed E-state index contributed by atoms with van der Waals surface area (Å²) in [5.41, 5.74) is 0.166. The van der Waals surface area contributed by atoms with Crippen LogP contribution in [0.25, 0.3) is 0 Å². The van der Waals surface area contributed by atoms with Gasteiger partial charge in [0.05, 0.1) is 0 Å². The molecule has 0 spiro atoms. The molecule has 0 heterocycles. The average Bonchev–Trinajstić information content (AvgIpc) is 2.07. The van der Waals surface area contributed by atoms with Crippen LogP contribution in [0.15, 0.2) is 0 Å². The number of unbranched alkanes of at least 4 members (excludes halogenated alkanes) is 1. The maximum atomic E-state index is 5.97. The maximum Gasteiger partial charge on any atom is 0.0293 e. The van der Waals surface area contributed by atoms with Crippen molar-refractivity contribution in [1.82, 2.24) is 0 Å². The summed E-state index contributed by atoms with van der Waals surface area (Å²) in [6, 6.07) is 0. The molecule has 0 rings (SSSR count). The standard InChI is InChI=1S/C10H20Cl2/c1-4-5-6-10(7-11,8-12)9(2)3/h9H,4-8H2,1-3H3. The van der Waals surface area contributed by atoms with Crippen LogP contribution in [0.4, 0.5) is 0 Å². The first-order valence-corrected chi connectivity index (χ1v) is 5.81. The van der Waals surface area contributed by atoms with Gasteiger partial charge in [-0.25, -0.2) is 0 Å². The Labute approximate surface area is 86.6 Å². The molecule has 0 radical (unpaired) electrons. The number of halogens is 2. The molecule has 0 bridgehead atoms. The summed E-state index contributed by atoms with van der Waals surface area (Å²) < 4.78 is 0. The third kappa shape index (κ3) is 3.14. The topological polar surface area (TPSA) is 0 Å². The Morgan fingerprint density at radius 1 is 1.17 bits per heavy atom. The van der Waals surface area contributed by atoms with E-state index in [9.17, 15) is 0 Å². The van der Waals surface area contributed by atoms with Crippen molar-refractivity contribution >= 4 is 23.2 Å². The van der Waals surface area contributed by atoms with Gasteiger partial charge in [0, 0.05) is 11.8 Å². The summed E-state index contributed by atoms with van der Waals surface area (Å²) in [6.45, 7) is 6.62. The highest BCUT2D eigenvalue weighted by atomic mass is 35.5. The van der Waals surface area contributed by atoms with Gasteiger partial charge in [-0.1, -0.05) is 33.6 Å². The van der Waals surface area contributed by atoms with Gasteiger partial charge in [-0.2, -0.15) is 0 Å². The van der Waals surface area contributed by atoms with Gasteiger partial charge >= 0.3 is 0 Å². The first-order valence-electron chi connectivity index (χ1n) is 4.75. The van der Waals surface area contributed by atoms with Crippen LogP contribution in [0.5, 0.6) is 0 Å². The molecule has 74 valence electrons. The Kier molecular flexibility index (Phi) is 6.39. The van der Waals surface area contributed by atoms with E-state index in [0.29, 0.717) is 17.7 Å². The molecule has 0 atom stereocenters. The zero-order chi connectivity index (χ0) is 9.61. The van der Waals surface area contributed by atoms with E-state index in [0.717, 1.165) is 6.42 Å². The minimum absolute atomic E-state index is 0.166. The van der Waals surface area contributed by atoms with Crippen molar-refractivity contribution in [3.63, 3.8) is 0 Å². The molecular weight excluding hydrogens is 191 g/mol.